The maximum absolute atomic E-state index is 12.0. The first-order valence-electron chi connectivity index (χ1n) is 7.26. The highest BCUT2D eigenvalue weighted by Gasteiger charge is 2.20. The van der Waals surface area contributed by atoms with Crippen LogP contribution in [0.3, 0.4) is 0 Å². The van der Waals surface area contributed by atoms with Gasteiger partial charge in [-0.05, 0) is 20.8 Å². The summed E-state index contributed by atoms with van der Waals surface area (Å²) in [6.07, 6.45) is 3.84. The highest BCUT2D eigenvalue weighted by Crippen LogP contribution is 2.29. The number of nitrogens with zero attached hydrogens (tertiary/aromatic N) is 3. The van der Waals surface area contributed by atoms with Crippen molar-refractivity contribution in [1.29, 1.82) is 0 Å². The Bertz CT molecular complexity index is 725. The van der Waals surface area contributed by atoms with Crippen LogP contribution in [0, 0.1) is 11.8 Å². The molecule has 2 rings (SSSR count). The van der Waals surface area contributed by atoms with Crippen LogP contribution in [0.2, 0.25) is 0 Å². The average molecular weight is 301 g/mol. The first kappa shape index (κ1) is 15.8. The summed E-state index contributed by atoms with van der Waals surface area (Å²) >= 11 is 0. The van der Waals surface area contributed by atoms with Crippen LogP contribution in [-0.2, 0) is 11.3 Å². The first-order valence-corrected chi connectivity index (χ1v) is 7.26. The number of carbonyl (C=O) groups excluding carboxylic acids is 1. The number of pyridine rings is 1. The highest BCUT2D eigenvalue weighted by atomic mass is 16.5. The molecule has 0 saturated carbocycles. The molecule has 2 aromatic rings. The number of hydrogen-bond donors (Lipinski definition) is 0. The number of carbonyl (C=O) groups is 1. The highest BCUT2D eigenvalue weighted by molar-refractivity contribution is 5.98. The largest absolute Gasteiger partial charge is 0.492 e. The van der Waals surface area contributed by atoms with Gasteiger partial charge in [-0.15, -0.1) is 11.8 Å². The van der Waals surface area contributed by atoms with E-state index >= 15 is 0 Å². The van der Waals surface area contributed by atoms with Crippen LogP contribution in [0.4, 0.5) is 0 Å². The van der Waals surface area contributed by atoms with Gasteiger partial charge >= 0.3 is 5.97 Å². The minimum absolute atomic E-state index is 0.303. The Morgan fingerprint density at radius 1 is 1.32 bits per heavy atom. The summed E-state index contributed by atoms with van der Waals surface area (Å²) in [6.45, 7) is 6.81. The molecule has 0 radical (unpaired) electrons. The van der Waals surface area contributed by atoms with Crippen molar-refractivity contribution in [3.8, 4) is 17.6 Å². The maximum Gasteiger partial charge on any atom is 0.343 e. The lowest BCUT2D eigenvalue weighted by atomic mass is 10.2. The molecular weight excluding hydrogens is 282 g/mol. The first-order chi connectivity index (χ1) is 10.7. The average Bonchev–Trinajstić information content (AvgIpc) is 2.92. The molecule has 2 heterocycles. The van der Waals surface area contributed by atoms with Gasteiger partial charge in [-0.1, -0.05) is 0 Å². The topological polar surface area (TPSA) is 66.2 Å². The Morgan fingerprint density at radius 3 is 2.82 bits per heavy atom. The summed E-state index contributed by atoms with van der Waals surface area (Å²) in [5.74, 6) is 5.88. The maximum atomic E-state index is 12.0. The van der Waals surface area contributed by atoms with Crippen molar-refractivity contribution in [2.75, 3.05) is 13.2 Å². The predicted molar refractivity (Wildman–Crippen MR) is 82.7 cm³/mol. The molecule has 0 amide bonds. The van der Waals surface area contributed by atoms with Crippen molar-refractivity contribution in [1.82, 2.24) is 14.8 Å². The Balaban J connectivity index is 2.45. The zero-order chi connectivity index (χ0) is 15.9. The SMILES string of the molecule is CC#CCCn1ncc2c(OCC)c(C(=O)OCC)cnc21. The summed E-state index contributed by atoms with van der Waals surface area (Å²) in [6, 6.07) is 0. The van der Waals surface area contributed by atoms with Crippen molar-refractivity contribution in [2.24, 2.45) is 0 Å². The number of fused-ring (bicyclic) bond motifs is 1. The second kappa shape index (κ2) is 7.46. The molecule has 0 bridgehead atoms. The van der Waals surface area contributed by atoms with Gasteiger partial charge in [-0.2, -0.15) is 5.10 Å². The fraction of sp³-hybridized carbons (Fsp3) is 0.438. The molecule has 0 aromatic carbocycles. The molecule has 0 N–H and O–H groups in total. The van der Waals surface area contributed by atoms with Crippen LogP contribution in [0.15, 0.2) is 12.4 Å². The molecule has 0 unspecified atom stereocenters. The van der Waals surface area contributed by atoms with Gasteiger partial charge in [0.25, 0.3) is 0 Å². The lowest BCUT2D eigenvalue weighted by Gasteiger charge is -2.10. The molecule has 0 fully saturated rings. The van der Waals surface area contributed by atoms with Gasteiger partial charge in [0.15, 0.2) is 5.65 Å². The minimum atomic E-state index is -0.440. The van der Waals surface area contributed by atoms with Gasteiger partial charge in [-0.25, -0.2) is 14.5 Å². The van der Waals surface area contributed by atoms with Crippen LogP contribution in [0.1, 0.15) is 37.6 Å². The number of aryl methyl sites for hydroxylation is 1. The lowest BCUT2D eigenvalue weighted by Crippen LogP contribution is -2.09. The molecule has 0 saturated heterocycles. The van der Waals surface area contributed by atoms with E-state index < -0.39 is 5.97 Å². The van der Waals surface area contributed by atoms with Crippen molar-refractivity contribution < 1.29 is 14.3 Å². The normalized spacial score (nSPS) is 10.1. The summed E-state index contributed by atoms with van der Waals surface area (Å²) in [7, 11) is 0. The predicted octanol–water partition coefficient (Wildman–Crippen LogP) is 2.42. The van der Waals surface area contributed by atoms with Gasteiger partial charge in [-0.3, -0.25) is 0 Å². The molecule has 6 heteroatoms. The molecule has 0 spiro atoms. The van der Waals surface area contributed by atoms with Crippen LogP contribution in [-0.4, -0.2) is 33.9 Å². The van der Waals surface area contributed by atoms with E-state index in [4.69, 9.17) is 9.47 Å². The van der Waals surface area contributed by atoms with Gasteiger partial charge in [0, 0.05) is 12.6 Å². The lowest BCUT2D eigenvalue weighted by molar-refractivity contribution is 0.0522. The van der Waals surface area contributed by atoms with Crippen molar-refractivity contribution >= 4 is 17.0 Å². The van der Waals surface area contributed by atoms with E-state index in [1.807, 2.05) is 6.92 Å². The molecule has 6 nitrogen and oxygen atoms in total. The number of hydrogen-bond acceptors (Lipinski definition) is 5. The summed E-state index contributed by atoms with van der Waals surface area (Å²) in [4.78, 5) is 16.4. The Morgan fingerprint density at radius 2 is 2.14 bits per heavy atom. The quantitative estimate of drug-likeness (QED) is 0.605. The third-order valence-corrected chi connectivity index (χ3v) is 3.03. The monoisotopic (exact) mass is 301 g/mol. The molecule has 0 aliphatic rings. The summed E-state index contributed by atoms with van der Waals surface area (Å²) in [5.41, 5.74) is 0.999. The second-order valence-electron chi connectivity index (χ2n) is 4.44. The van der Waals surface area contributed by atoms with E-state index in [-0.39, 0.29) is 0 Å². The molecule has 2 aromatic heterocycles. The van der Waals surface area contributed by atoms with Crippen molar-refractivity contribution in [3.05, 3.63) is 18.0 Å². The Kier molecular flexibility index (Phi) is 5.37. The van der Waals surface area contributed by atoms with E-state index in [2.05, 4.69) is 21.9 Å². The van der Waals surface area contributed by atoms with Crippen LogP contribution in [0.5, 0.6) is 5.75 Å². The fourth-order valence-electron chi connectivity index (χ4n) is 2.11. The second-order valence-corrected chi connectivity index (χ2v) is 4.44. The fourth-order valence-corrected chi connectivity index (χ4v) is 2.11. The van der Waals surface area contributed by atoms with Crippen LogP contribution >= 0.6 is 0 Å². The molecule has 0 aliphatic carbocycles. The van der Waals surface area contributed by atoms with E-state index in [0.29, 0.717) is 48.5 Å². The molecule has 0 aliphatic heterocycles. The van der Waals surface area contributed by atoms with E-state index in [9.17, 15) is 4.79 Å². The van der Waals surface area contributed by atoms with Gasteiger partial charge in [0.1, 0.15) is 11.3 Å². The molecular formula is C16H19N3O3. The zero-order valence-electron chi connectivity index (χ0n) is 13.0. The van der Waals surface area contributed by atoms with Gasteiger partial charge in [0.2, 0.25) is 0 Å². The van der Waals surface area contributed by atoms with Gasteiger partial charge in [0.05, 0.1) is 31.3 Å². The number of rotatable bonds is 6. The number of ether oxygens (including phenoxy) is 2. The van der Waals surface area contributed by atoms with Crippen molar-refractivity contribution in [3.63, 3.8) is 0 Å². The zero-order valence-corrected chi connectivity index (χ0v) is 13.0. The van der Waals surface area contributed by atoms with Gasteiger partial charge < -0.3 is 9.47 Å². The number of aromatic nitrogens is 3. The van der Waals surface area contributed by atoms with E-state index in [0.717, 1.165) is 0 Å². The van der Waals surface area contributed by atoms with Crippen LogP contribution in [0.25, 0.3) is 11.0 Å². The summed E-state index contributed by atoms with van der Waals surface area (Å²) in [5, 5.41) is 5.02. The third-order valence-electron chi connectivity index (χ3n) is 3.03. The number of esters is 1. The third kappa shape index (κ3) is 3.19. The van der Waals surface area contributed by atoms with E-state index in [1.54, 1.807) is 24.7 Å². The summed E-state index contributed by atoms with van der Waals surface area (Å²) < 4.78 is 12.4. The van der Waals surface area contributed by atoms with E-state index in [1.165, 1.54) is 6.20 Å². The molecule has 116 valence electrons. The Labute approximate surface area is 129 Å². The minimum Gasteiger partial charge on any atom is -0.492 e. The Hall–Kier alpha value is -2.55. The molecule has 0 atom stereocenters. The van der Waals surface area contributed by atoms with Crippen molar-refractivity contribution in [2.45, 2.75) is 33.7 Å². The molecule has 22 heavy (non-hydrogen) atoms. The van der Waals surface area contributed by atoms with Crippen LogP contribution < -0.4 is 4.74 Å². The standard InChI is InChI=1S/C16H19N3O3/c1-4-7-8-9-19-15-12(11-18-19)14(21-5-2)13(10-17-15)16(20)22-6-3/h10-11H,5-6,8-9H2,1-3H3. The smallest absolute Gasteiger partial charge is 0.343 e.